The van der Waals surface area contributed by atoms with Crippen LogP contribution in [0, 0.1) is 5.41 Å². The van der Waals surface area contributed by atoms with Crippen molar-refractivity contribution in [1.29, 1.82) is 0 Å². The molecule has 29 heavy (non-hydrogen) atoms. The Kier molecular flexibility index (Phi) is 22.7. The Bertz CT molecular complexity index is 290. The smallest absolute Gasteiger partial charge is 0.0354 e. The van der Waals surface area contributed by atoms with Gasteiger partial charge in [-0.05, 0) is 18.3 Å². The molecule has 0 saturated heterocycles. The van der Waals surface area contributed by atoms with Gasteiger partial charge in [-0.3, -0.25) is 0 Å². The summed E-state index contributed by atoms with van der Waals surface area (Å²) < 4.78 is 0. The maximum atomic E-state index is 2.51. The van der Waals surface area contributed by atoms with E-state index in [-0.39, 0.29) is 0 Å². The number of hydrogen-bond donors (Lipinski definition) is 0. The molecule has 0 aromatic carbocycles. The highest BCUT2D eigenvalue weighted by Crippen LogP contribution is 2.30. The summed E-state index contributed by atoms with van der Waals surface area (Å²) in [5.74, 6) is 0. The summed E-state index contributed by atoms with van der Waals surface area (Å²) in [5.41, 5.74) is 0.582. The molecule has 0 bridgehead atoms. The van der Waals surface area contributed by atoms with Crippen molar-refractivity contribution in [3.63, 3.8) is 0 Å². The molecule has 0 rings (SSSR count). The first kappa shape index (κ1) is 29.0. The summed E-state index contributed by atoms with van der Waals surface area (Å²) in [6, 6.07) is 0. The Morgan fingerprint density at radius 1 is 0.310 bits per heavy atom. The van der Waals surface area contributed by atoms with Crippen LogP contribution in [0.3, 0.4) is 0 Å². The van der Waals surface area contributed by atoms with Gasteiger partial charge < -0.3 is 0 Å². The third kappa shape index (κ3) is 24.1. The van der Waals surface area contributed by atoms with E-state index in [1.54, 1.807) is 0 Å². The monoisotopic (exact) mass is 408 g/mol. The van der Waals surface area contributed by atoms with Crippen LogP contribution in [0.4, 0.5) is 0 Å². The second kappa shape index (κ2) is 22.7. The van der Waals surface area contributed by atoms with Crippen LogP contribution in [0.15, 0.2) is 0 Å². The highest BCUT2D eigenvalue weighted by molar-refractivity contribution is 4.69. The molecule has 0 nitrogen and oxygen atoms in total. The van der Waals surface area contributed by atoms with Gasteiger partial charge in [-0.2, -0.15) is 0 Å². The molecule has 0 heterocycles. The fourth-order valence-corrected chi connectivity index (χ4v) is 4.66. The lowest BCUT2D eigenvalue weighted by atomic mass is 9.82. The highest BCUT2D eigenvalue weighted by Gasteiger charge is 2.16. The first-order valence-electron chi connectivity index (χ1n) is 14.1. The number of unbranched alkanes of at least 4 members (excludes halogenated alkanes) is 20. The molecule has 0 heteroatoms. The second-order valence-electron chi connectivity index (χ2n) is 10.7. The first-order valence-corrected chi connectivity index (χ1v) is 14.1. The average molecular weight is 409 g/mol. The van der Waals surface area contributed by atoms with E-state index in [1.807, 2.05) is 0 Å². The molecule has 0 aromatic rings. The third-order valence-corrected chi connectivity index (χ3v) is 6.91. The molecule has 0 fully saturated rings. The van der Waals surface area contributed by atoms with Gasteiger partial charge in [-0.15, -0.1) is 0 Å². The summed E-state index contributed by atoms with van der Waals surface area (Å²) in [5, 5.41) is 0. The Morgan fingerprint density at radius 3 is 0.759 bits per heavy atom. The normalized spacial score (nSPS) is 12.0. The van der Waals surface area contributed by atoms with Crippen LogP contribution >= 0.6 is 0 Å². The number of rotatable bonds is 24. The van der Waals surface area contributed by atoms with Crippen molar-refractivity contribution in [2.24, 2.45) is 5.41 Å². The van der Waals surface area contributed by atoms with Gasteiger partial charge in [0.05, 0.1) is 0 Å². The zero-order valence-electron chi connectivity index (χ0n) is 21.5. The topological polar surface area (TPSA) is 0 Å². The van der Waals surface area contributed by atoms with Crippen LogP contribution in [-0.4, -0.2) is 0 Å². The van der Waals surface area contributed by atoms with Gasteiger partial charge in [0.1, 0.15) is 0 Å². The zero-order chi connectivity index (χ0) is 21.5. The zero-order valence-corrected chi connectivity index (χ0v) is 21.5. The van der Waals surface area contributed by atoms with E-state index in [1.165, 1.54) is 154 Å². The molecule has 176 valence electrons. The van der Waals surface area contributed by atoms with E-state index in [0.29, 0.717) is 5.41 Å². The fraction of sp³-hybridized carbons (Fsp3) is 1.00. The van der Waals surface area contributed by atoms with Crippen molar-refractivity contribution in [3.05, 3.63) is 0 Å². The van der Waals surface area contributed by atoms with E-state index in [2.05, 4.69) is 27.7 Å². The highest BCUT2D eigenvalue weighted by atomic mass is 14.2. The molecule has 0 aliphatic carbocycles. The summed E-state index contributed by atoms with van der Waals surface area (Å²) in [4.78, 5) is 0. The van der Waals surface area contributed by atoms with Gasteiger partial charge in [0.25, 0.3) is 0 Å². The molecule has 0 spiro atoms. The molecule has 0 aliphatic heterocycles. The molecule has 0 amide bonds. The third-order valence-electron chi connectivity index (χ3n) is 6.91. The Balaban J connectivity index is 3.30. The van der Waals surface area contributed by atoms with Crippen molar-refractivity contribution in [2.45, 2.75) is 182 Å². The minimum atomic E-state index is 0.582. The molecular weight excluding hydrogens is 348 g/mol. The number of hydrogen-bond acceptors (Lipinski definition) is 0. The van der Waals surface area contributed by atoms with E-state index < -0.39 is 0 Å². The van der Waals surface area contributed by atoms with Gasteiger partial charge in [-0.1, -0.05) is 169 Å². The van der Waals surface area contributed by atoms with Gasteiger partial charge in [0, 0.05) is 0 Å². The first-order chi connectivity index (χ1) is 14.1. The summed E-state index contributed by atoms with van der Waals surface area (Å²) >= 11 is 0. The Hall–Kier alpha value is 0. The van der Waals surface area contributed by atoms with Crippen molar-refractivity contribution < 1.29 is 0 Å². The molecule has 0 unspecified atom stereocenters. The van der Waals surface area contributed by atoms with Gasteiger partial charge in [-0.25, -0.2) is 0 Å². The van der Waals surface area contributed by atoms with Crippen LogP contribution < -0.4 is 0 Å². The van der Waals surface area contributed by atoms with Crippen LogP contribution in [0.5, 0.6) is 0 Å². The van der Waals surface area contributed by atoms with Crippen molar-refractivity contribution >= 4 is 0 Å². The van der Waals surface area contributed by atoms with Crippen LogP contribution in [-0.2, 0) is 0 Å². The lowest BCUT2D eigenvalue weighted by Crippen LogP contribution is -2.11. The van der Waals surface area contributed by atoms with E-state index in [9.17, 15) is 0 Å². The summed E-state index contributed by atoms with van der Waals surface area (Å²) in [6.07, 6.45) is 35.0. The lowest BCUT2D eigenvalue weighted by molar-refractivity contribution is 0.282. The SMILES string of the molecule is CCCCCCCCCCCCCCC(C)(C)CCCCCCCCCCCC. The van der Waals surface area contributed by atoms with Crippen molar-refractivity contribution in [3.8, 4) is 0 Å². The average Bonchev–Trinajstić information content (AvgIpc) is 2.70. The second-order valence-corrected chi connectivity index (χ2v) is 10.7. The maximum absolute atomic E-state index is 2.51. The largest absolute Gasteiger partial charge is 0.0654 e. The molecular formula is C29H60. The molecule has 0 saturated carbocycles. The van der Waals surface area contributed by atoms with Crippen molar-refractivity contribution in [1.82, 2.24) is 0 Å². The van der Waals surface area contributed by atoms with Crippen molar-refractivity contribution in [2.75, 3.05) is 0 Å². The maximum Gasteiger partial charge on any atom is -0.0354 e. The Labute approximate surface area is 187 Å². The van der Waals surface area contributed by atoms with E-state index >= 15 is 0 Å². The minimum Gasteiger partial charge on any atom is -0.0654 e. The lowest BCUT2D eigenvalue weighted by Gasteiger charge is -2.24. The minimum absolute atomic E-state index is 0.582. The fourth-order valence-electron chi connectivity index (χ4n) is 4.66. The Morgan fingerprint density at radius 2 is 0.517 bits per heavy atom. The quantitative estimate of drug-likeness (QED) is 0.139. The summed E-state index contributed by atoms with van der Waals surface area (Å²) in [7, 11) is 0. The standard InChI is InChI=1S/C29H60/c1-5-7-9-11-13-15-17-18-20-22-24-26-28-29(3,4)27-25-23-21-19-16-14-12-10-8-6-2/h5-28H2,1-4H3. The molecule has 0 atom stereocenters. The molecule has 0 aromatic heterocycles. The predicted molar refractivity (Wildman–Crippen MR) is 136 cm³/mol. The molecule has 0 radical (unpaired) electrons. The summed E-state index contributed by atoms with van der Waals surface area (Å²) in [6.45, 7) is 9.64. The predicted octanol–water partition coefficient (Wildman–Crippen LogP) is 11.4. The van der Waals surface area contributed by atoms with Gasteiger partial charge >= 0.3 is 0 Å². The van der Waals surface area contributed by atoms with Gasteiger partial charge in [0.2, 0.25) is 0 Å². The van der Waals surface area contributed by atoms with Crippen LogP contribution in [0.1, 0.15) is 182 Å². The van der Waals surface area contributed by atoms with Crippen LogP contribution in [0.25, 0.3) is 0 Å². The molecule has 0 N–H and O–H groups in total. The van der Waals surface area contributed by atoms with E-state index in [0.717, 1.165) is 0 Å². The van der Waals surface area contributed by atoms with Crippen LogP contribution in [0.2, 0.25) is 0 Å². The van der Waals surface area contributed by atoms with E-state index in [4.69, 9.17) is 0 Å². The van der Waals surface area contributed by atoms with Gasteiger partial charge in [0.15, 0.2) is 0 Å². The molecule has 0 aliphatic rings.